The first-order chi connectivity index (χ1) is 8.59. The van der Waals surface area contributed by atoms with E-state index >= 15 is 0 Å². The molecule has 1 aliphatic rings. The van der Waals surface area contributed by atoms with Crippen molar-refractivity contribution < 1.29 is 9.53 Å². The number of rotatable bonds is 2. The number of hydrogen-bond acceptors (Lipinski definition) is 5. The summed E-state index contributed by atoms with van der Waals surface area (Å²) in [6, 6.07) is 5.57. The van der Waals surface area contributed by atoms with Gasteiger partial charge in [-0.25, -0.2) is 4.98 Å². The van der Waals surface area contributed by atoms with Crippen molar-refractivity contribution in [2.75, 3.05) is 25.1 Å². The highest BCUT2D eigenvalue weighted by molar-refractivity contribution is 5.78. The molecule has 18 heavy (non-hydrogen) atoms. The van der Waals surface area contributed by atoms with Crippen LogP contribution in [0.15, 0.2) is 18.3 Å². The van der Waals surface area contributed by atoms with Crippen LogP contribution in [0.25, 0.3) is 0 Å². The fraction of sp³-hybridized carbons (Fsp3) is 0.462. The Morgan fingerprint density at radius 2 is 2.39 bits per heavy atom. The van der Waals surface area contributed by atoms with Gasteiger partial charge in [-0.2, -0.15) is 5.26 Å². The van der Waals surface area contributed by atoms with Crippen molar-refractivity contribution in [3.05, 3.63) is 23.9 Å². The van der Waals surface area contributed by atoms with Crippen LogP contribution in [0.1, 0.15) is 18.9 Å². The average molecular weight is 245 g/mol. The quantitative estimate of drug-likeness (QED) is 0.736. The van der Waals surface area contributed by atoms with Crippen molar-refractivity contribution in [2.24, 2.45) is 5.41 Å². The van der Waals surface area contributed by atoms with Gasteiger partial charge in [0.05, 0.1) is 18.1 Å². The first kappa shape index (κ1) is 12.4. The Hall–Kier alpha value is -2.09. The van der Waals surface area contributed by atoms with Crippen LogP contribution in [0, 0.1) is 16.7 Å². The van der Waals surface area contributed by atoms with Crippen molar-refractivity contribution in [1.29, 1.82) is 5.26 Å². The Morgan fingerprint density at radius 3 is 2.94 bits per heavy atom. The van der Waals surface area contributed by atoms with Gasteiger partial charge >= 0.3 is 5.97 Å². The van der Waals surface area contributed by atoms with Crippen LogP contribution < -0.4 is 4.90 Å². The van der Waals surface area contributed by atoms with E-state index in [1.807, 2.05) is 24.0 Å². The van der Waals surface area contributed by atoms with E-state index < -0.39 is 5.41 Å². The SMILES string of the molecule is COC(=O)C1(C)CCN(c2ccc(C#N)cn2)C1. The molecule has 2 rings (SSSR count). The summed E-state index contributed by atoms with van der Waals surface area (Å²) in [6.45, 7) is 3.27. The van der Waals surface area contributed by atoms with E-state index in [1.165, 1.54) is 7.11 Å². The maximum absolute atomic E-state index is 11.7. The normalized spacial score (nSPS) is 22.6. The molecule has 0 saturated carbocycles. The van der Waals surface area contributed by atoms with Gasteiger partial charge in [-0.3, -0.25) is 4.79 Å². The van der Waals surface area contributed by atoms with Gasteiger partial charge in [-0.1, -0.05) is 0 Å². The molecule has 0 spiro atoms. The number of esters is 1. The van der Waals surface area contributed by atoms with Crippen LogP contribution in [-0.4, -0.2) is 31.2 Å². The van der Waals surface area contributed by atoms with Gasteiger partial charge in [0, 0.05) is 19.3 Å². The van der Waals surface area contributed by atoms with Gasteiger partial charge in [0.15, 0.2) is 0 Å². The van der Waals surface area contributed by atoms with E-state index in [4.69, 9.17) is 10.00 Å². The Bertz CT molecular complexity index is 492. The number of hydrogen-bond donors (Lipinski definition) is 0. The average Bonchev–Trinajstić information content (AvgIpc) is 2.82. The molecule has 1 atom stereocenters. The summed E-state index contributed by atoms with van der Waals surface area (Å²) in [4.78, 5) is 18.0. The molecule has 0 N–H and O–H groups in total. The van der Waals surface area contributed by atoms with Gasteiger partial charge in [0.1, 0.15) is 11.9 Å². The van der Waals surface area contributed by atoms with Crippen LogP contribution >= 0.6 is 0 Å². The molecule has 1 fully saturated rings. The minimum absolute atomic E-state index is 0.182. The lowest BCUT2D eigenvalue weighted by Crippen LogP contribution is -2.33. The summed E-state index contributed by atoms with van der Waals surface area (Å²) >= 11 is 0. The molecule has 0 aromatic carbocycles. The highest BCUT2D eigenvalue weighted by Gasteiger charge is 2.41. The highest BCUT2D eigenvalue weighted by Crippen LogP contribution is 2.33. The predicted octanol–water partition coefficient (Wildman–Crippen LogP) is 1.34. The second-order valence-electron chi connectivity index (χ2n) is 4.74. The number of carbonyl (C=O) groups excluding carboxylic acids is 1. The Balaban J connectivity index is 2.13. The van der Waals surface area contributed by atoms with Gasteiger partial charge in [0.25, 0.3) is 0 Å². The number of pyridine rings is 1. The van der Waals surface area contributed by atoms with E-state index in [9.17, 15) is 4.79 Å². The molecule has 0 radical (unpaired) electrons. The number of nitrogens with zero attached hydrogens (tertiary/aromatic N) is 3. The van der Waals surface area contributed by atoms with Crippen molar-refractivity contribution in [3.63, 3.8) is 0 Å². The zero-order valence-electron chi connectivity index (χ0n) is 10.5. The van der Waals surface area contributed by atoms with Crippen molar-refractivity contribution >= 4 is 11.8 Å². The molecular formula is C13H15N3O2. The molecule has 0 bridgehead atoms. The lowest BCUT2D eigenvalue weighted by Gasteiger charge is -2.22. The Morgan fingerprint density at radius 1 is 1.61 bits per heavy atom. The summed E-state index contributed by atoms with van der Waals surface area (Å²) in [5.41, 5.74) is 0.0679. The monoisotopic (exact) mass is 245 g/mol. The largest absolute Gasteiger partial charge is 0.469 e. The van der Waals surface area contributed by atoms with E-state index in [1.54, 1.807) is 12.3 Å². The minimum atomic E-state index is -0.468. The van der Waals surface area contributed by atoms with Crippen LogP contribution in [0.4, 0.5) is 5.82 Å². The zero-order chi connectivity index (χ0) is 13.2. The Labute approximate surface area is 106 Å². The molecule has 1 aliphatic heterocycles. The maximum atomic E-state index is 11.7. The number of nitriles is 1. The zero-order valence-corrected chi connectivity index (χ0v) is 10.5. The van der Waals surface area contributed by atoms with Crippen LogP contribution in [-0.2, 0) is 9.53 Å². The number of methoxy groups -OCH3 is 1. The van der Waals surface area contributed by atoms with E-state index in [-0.39, 0.29) is 5.97 Å². The van der Waals surface area contributed by atoms with Gasteiger partial charge in [-0.05, 0) is 25.5 Å². The molecule has 1 saturated heterocycles. The third-order valence-corrected chi connectivity index (χ3v) is 3.35. The minimum Gasteiger partial charge on any atom is -0.469 e. The lowest BCUT2D eigenvalue weighted by atomic mass is 9.90. The molecule has 94 valence electrons. The van der Waals surface area contributed by atoms with Gasteiger partial charge in [-0.15, -0.1) is 0 Å². The topological polar surface area (TPSA) is 66.2 Å². The number of carbonyl (C=O) groups is 1. The third kappa shape index (κ3) is 2.14. The number of aromatic nitrogens is 1. The second-order valence-corrected chi connectivity index (χ2v) is 4.74. The van der Waals surface area contributed by atoms with E-state index in [0.29, 0.717) is 12.1 Å². The van der Waals surface area contributed by atoms with Crippen molar-refractivity contribution in [3.8, 4) is 6.07 Å². The number of ether oxygens (including phenoxy) is 1. The predicted molar refractivity (Wildman–Crippen MR) is 65.9 cm³/mol. The fourth-order valence-corrected chi connectivity index (χ4v) is 2.21. The van der Waals surface area contributed by atoms with E-state index in [2.05, 4.69) is 4.98 Å². The summed E-state index contributed by atoms with van der Waals surface area (Å²) in [6.07, 6.45) is 2.30. The second kappa shape index (κ2) is 4.65. The summed E-state index contributed by atoms with van der Waals surface area (Å²) in [5.74, 6) is 0.611. The summed E-state index contributed by atoms with van der Waals surface area (Å²) < 4.78 is 4.83. The molecule has 1 aromatic rings. The lowest BCUT2D eigenvalue weighted by molar-refractivity contribution is -0.150. The molecule has 5 heteroatoms. The smallest absolute Gasteiger partial charge is 0.313 e. The van der Waals surface area contributed by atoms with E-state index in [0.717, 1.165) is 18.8 Å². The Kier molecular flexibility index (Phi) is 3.19. The highest BCUT2D eigenvalue weighted by atomic mass is 16.5. The van der Waals surface area contributed by atoms with Gasteiger partial charge in [0.2, 0.25) is 0 Å². The van der Waals surface area contributed by atoms with Crippen LogP contribution in [0.5, 0.6) is 0 Å². The standard InChI is InChI=1S/C13H15N3O2/c1-13(12(17)18-2)5-6-16(9-13)11-4-3-10(7-14)8-15-11/h3-4,8H,5-6,9H2,1-2H3. The van der Waals surface area contributed by atoms with Crippen LogP contribution in [0.3, 0.4) is 0 Å². The molecule has 1 aromatic heterocycles. The molecule has 0 amide bonds. The first-order valence-corrected chi connectivity index (χ1v) is 5.78. The van der Waals surface area contributed by atoms with Crippen molar-refractivity contribution in [2.45, 2.75) is 13.3 Å². The van der Waals surface area contributed by atoms with Crippen LogP contribution in [0.2, 0.25) is 0 Å². The van der Waals surface area contributed by atoms with Gasteiger partial charge < -0.3 is 9.64 Å². The molecular weight excluding hydrogens is 230 g/mol. The molecule has 5 nitrogen and oxygen atoms in total. The van der Waals surface area contributed by atoms with Crippen molar-refractivity contribution in [1.82, 2.24) is 4.98 Å². The number of anilines is 1. The third-order valence-electron chi connectivity index (χ3n) is 3.35. The first-order valence-electron chi connectivity index (χ1n) is 5.78. The molecule has 0 aliphatic carbocycles. The molecule has 2 heterocycles. The summed E-state index contributed by atoms with van der Waals surface area (Å²) in [5, 5.41) is 8.72. The molecule has 1 unspecified atom stereocenters. The fourth-order valence-electron chi connectivity index (χ4n) is 2.21. The summed E-state index contributed by atoms with van der Waals surface area (Å²) in [7, 11) is 1.41. The maximum Gasteiger partial charge on any atom is 0.313 e.